The summed E-state index contributed by atoms with van der Waals surface area (Å²) >= 11 is 0. The summed E-state index contributed by atoms with van der Waals surface area (Å²) in [5, 5.41) is 3.30. The molecule has 0 fully saturated rings. The molecule has 0 unspecified atom stereocenters. The number of rotatable bonds is 6. The molecule has 84 valence electrons. The highest BCUT2D eigenvalue weighted by molar-refractivity contribution is 5.40. The molecule has 0 atom stereocenters. The fourth-order valence-electron chi connectivity index (χ4n) is 1.25. The average Bonchev–Trinajstić information content (AvgIpc) is 2.25. The average molecular weight is 208 g/mol. The lowest BCUT2D eigenvalue weighted by Crippen LogP contribution is -2.13. The van der Waals surface area contributed by atoms with Crippen LogP contribution in [0.4, 0.5) is 11.8 Å². The Morgan fingerprint density at radius 2 is 2.13 bits per heavy atom. The highest BCUT2D eigenvalue weighted by Gasteiger charge is 1.99. The van der Waals surface area contributed by atoms with Crippen LogP contribution in [0.15, 0.2) is 12.3 Å². The van der Waals surface area contributed by atoms with Crippen molar-refractivity contribution in [3.8, 4) is 0 Å². The van der Waals surface area contributed by atoms with E-state index in [9.17, 15) is 0 Å². The predicted octanol–water partition coefficient (Wildman–Crippen LogP) is 2.14. The molecule has 15 heavy (non-hydrogen) atoms. The molecular formula is C11H20N4. The smallest absolute Gasteiger partial charge is 0.226 e. The van der Waals surface area contributed by atoms with Crippen LogP contribution in [0.25, 0.3) is 0 Å². The molecule has 4 heteroatoms. The lowest BCUT2D eigenvalue weighted by atomic mass is 10.2. The summed E-state index contributed by atoms with van der Waals surface area (Å²) < 4.78 is 0. The van der Waals surface area contributed by atoms with E-state index >= 15 is 0 Å². The van der Waals surface area contributed by atoms with E-state index in [1.54, 1.807) is 6.20 Å². The molecule has 0 aliphatic rings. The van der Waals surface area contributed by atoms with Crippen LogP contribution in [0, 0.1) is 0 Å². The van der Waals surface area contributed by atoms with Crippen LogP contribution in [0.5, 0.6) is 0 Å². The van der Waals surface area contributed by atoms with Gasteiger partial charge in [0.1, 0.15) is 5.82 Å². The van der Waals surface area contributed by atoms with Gasteiger partial charge in [-0.15, -0.1) is 0 Å². The number of anilines is 2. The van der Waals surface area contributed by atoms with E-state index in [1.165, 1.54) is 19.3 Å². The number of hydrogen-bond donors (Lipinski definition) is 1. The minimum Gasteiger partial charge on any atom is -0.370 e. The molecule has 1 aromatic heterocycles. The Labute approximate surface area is 91.7 Å². The first-order chi connectivity index (χ1) is 7.24. The van der Waals surface area contributed by atoms with Crippen molar-refractivity contribution in [2.24, 2.45) is 0 Å². The summed E-state index contributed by atoms with van der Waals surface area (Å²) in [7, 11) is 3.88. The van der Waals surface area contributed by atoms with Gasteiger partial charge in [0, 0.05) is 26.8 Å². The van der Waals surface area contributed by atoms with Gasteiger partial charge in [0.25, 0.3) is 0 Å². The lowest BCUT2D eigenvalue weighted by molar-refractivity contribution is 0.742. The Morgan fingerprint density at radius 1 is 1.33 bits per heavy atom. The van der Waals surface area contributed by atoms with Gasteiger partial charge >= 0.3 is 0 Å². The third-order valence-electron chi connectivity index (χ3n) is 2.13. The van der Waals surface area contributed by atoms with Crippen LogP contribution in [0.1, 0.15) is 26.2 Å². The third kappa shape index (κ3) is 4.14. The van der Waals surface area contributed by atoms with E-state index < -0.39 is 0 Å². The van der Waals surface area contributed by atoms with Gasteiger partial charge in [-0.1, -0.05) is 19.8 Å². The first kappa shape index (κ1) is 11.8. The van der Waals surface area contributed by atoms with Crippen LogP contribution in [-0.2, 0) is 0 Å². The first-order valence-corrected chi connectivity index (χ1v) is 5.48. The van der Waals surface area contributed by atoms with Gasteiger partial charge in [0.05, 0.1) is 0 Å². The van der Waals surface area contributed by atoms with Gasteiger partial charge < -0.3 is 10.2 Å². The zero-order valence-electron chi connectivity index (χ0n) is 9.82. The van der Waals surface area contributed by atoms with E-state index in [1.807, 2.05) is 25.1 Å². The second kappa shape index (κ2) is 6.22. The summed E-state index contributed by atoms with van der Waals surface area (Å²) in [4.78, 5) is 10.4. The molecule has 4 nitrogen and oxygen atoms in total. The lowest BCUT2D eigenvalue weighted by Gasteiger charge is -2.11. The van der Waals surface area contributed by atoms with Gasteiger partial charge in [-0.05, 0) is 12.5 Å². The van der Waals surface area contributed by atoms with Crippen molar-refractivity contribution >= 4 is 11.8 Å². The Hall–Kier alpha value is -1.32. The highest BCUT2D eigenvalue weighted by atomic mass is 15.2. The van der Waals surface area contributed by atoms with Gasteiger partial charge in [-0.25, -0.2) is 4.98 Å². The van der Waals surface area contributed by atoms with Gasteiger partial charge in [-0.3, -0.25) is 0 Å². The molecule has 0 aliphatic heterocycles. The number of nitrogens with zero attached hydrogens (tertiary/aromatic N) is 3. The first-order valence-electron chi connectivity index (χ1n) is 5.48. The molecule has 0 radical (unpaired) electrons. The van der Waals surface area contributed by atoms with Gasteiger partial charge in [-0.2, -0.15) is 4.98 Å². The highest BCUT2D eigenvalue weighted by Crippen LogP contribution is 2.07. The molecule has 0 aliphatic carbocycles. The van der Waals surface area contributed by atoms with E-state index in [2.05, 4.69) is 22.2 Å². The Kier molecular flexibility index (Phi) is 4.87. The zero-order chi connectivity index (χ0) is 11.1. The summed E-state index contributed by atoms with van der Waals surface area (Å²) in [6.07, 6.45) is 5.48. The molecule has 0 saturated carbocycles. The molecular weight excluding hydrogens is 188 g/mol. The maximum atomic E-state index is 4.37. The summed E-state index contributed by atoms with van der Waals surface area (Å²) in [5.41, 5.74) is 0. The quantitative estimate of drug-likeness (QED) is 0.727. The molecule has 1 aromatic rings. The maximum absolute atomic E-state index is 4.37. The van der Waals surface area contributed by atoms with E-state index in [4.69, 9.17) is 0 Å². The van der Waals surface area contributed by atoms with Crippen LogP contribution in [0.3, 0.4) is 0 Å². The van der Waals surface area contributed by atoms with Crippen LogP contribution in [-0.4, -0.2) is 30.6 Å². The van der Waals surface area contributed by atoms with Gasteiger partial charge in [0.15, 0.2) is 0 Å². The second-order valence-corrected chi connectivity index (χ2v) is 3.77. The fraction of sp³-hybridized carbons (Fsp3) is 0.636. The van der Waals surface area contributed by atoms with Crippen LogP contribution < -0.4 is 10.2 Å². The standard InChI is InChI=1S/C11H20N4/c1-4-5-6-8-12-10-7-9-13-11(14-10)15(2)3/h7,9H,4-6,8H2,1-3H3,(H,12,13,14). The van der Waals surface area contributed by atoms with Crippen molar-refractivity contribution in [3.05, 3.63) is 12.3 Å². The zero-order valence-corrected chi connectivity index (χ0v) is 9.82. The van der Waals surface area contributed by atoms with Crippen molar-refractivity contribution in [3.63, 3.8) is 0 Å². The summed E-state index contributed by atoms with van der Waals surface area (Å²) in [6, 6.07) is 1.90. The van der Waals surface area contributed by atoms with Crippen molar-refractivity contribution < 1.29 is 0 Å². The number of aromatic nitrogens is 2. The van der Waals surface area contributed by atoms with Crippen LogP contribution >= 0.6 is 0 Å². The summed E-state index contributed by atoms with van der Waals surface area (Å²) in [5.74, 6) is 1.65. The fourth-order valence-corrected chi connectivity index (χ4v) is 1.25. The summed E-state index contributed by atoms with van der Waals surface area (Å²) in [6.45, 7) is 3.19. The predicted molar refractivity (Wildman–Crippen MR) is 64.4 cm³/mol. The SMILES string of the molecule is CCCCCNc1ccnc(N(C)C)n1. The maximum Gasteiger partial charge on any atom is 0.226 e. The van der Waals surface area contributed by atoms with Crippen molar-refractivity contribution in [2.45, 2.75) is 26.2 Å². The molecule has 1 rings (SSSR count). The van der Waals surface area contributed by atoms with E-state index in [0.717, 1.165) is 18.3 Å². The number of hydrogen-bond acceptors (Lipinski definition) is 4. The molecule has 0 bridgehead atoms. The third-order valence-corrected chi connectivity index (χ3v) is 2.13. The minimum absolute atomic E-state index is 0.746. The van der Waals surface area contributed by atoms with Crippen LogP contribution in [0.2, 0.25) is 0 Å². The monoisotopic (exact) mass is 208 g/mol. The Morgan fingerprint density at radius 3 is 2.80 bits per heavy atom. The Balaban J connectivity index is 2.43. The Bertz CT molecular complexity index is 286. The molecule has 0 spiro atoms. The molecule has 0 amide bonds. The normalized spacial score (nSPS) is 10.1. The topological polar surface area (TPSA) is 41.1 Å². The largest absolute Gasteiger partial charge is 0.370 e. The molecule has 1 N–H and O–H groups in total. The molecule has 1 heterocycles. The molecule has 0 saturated heterocycles. The van der Waals surface area contributed by atoms with Gasteiger partial charge in [0.2, 0.25) is 5.95 Å². The minimum atomic E-state index is 0.746. The van der Waals surface area contributed by atoms with Crippen molar-refractivity contribution in [1.82, 2.24) is 9.97 Å². The molecule has 0 aromatic carbocycles. The van der Waals surface area contributed by atoms with Crippen molar-refractivity contribution in [1.29, 1.82) is 0 Å². The van der Waals surface area contributed by atoms with E-state index in [-0.39, 0.29) is 0 Å². The van der Waals surface area contributed by atoms with Crippen molar-refractivity contribution in [2.75, 3.05) is 30.9 Å². The number of unbranched alkanes of at least 4 members (excludes halogenated alkanes) is 2. The second-order valence-electron chi connectivity index (χ2n) is 3.77. The number of nitrogens with one attached hydrogen (secondary N) is 1. The van der Waals surface area contributed by atoms with E-state index in [0.29, 0.717) is 0 Å².